The van der Waals surface area contributed by atoms with Crippen LogP contribution in [-0.2, 0) is 10.0 Å². The molecule has 0 bridgehead atoms. The van der Waals surface area contributed by atoms with Crippen LogP contribution < -0.4 is 10.5 Å². The topological polar surface area (TPSA) is 72.2 Å². The maximum absolute atomic E-state index is 13.5. The van der Waals surface area contributed by atoms with Crippen LogP contribution >= 0.6 is 0 Å². The Labute approximate surface area is 115 Å². The summed E-state index contributed by atoms with van der Waals surface area (Å²) in [7, 11) is -4.03. The third-order valence-electron chi connectivity index (χ3n) is 2.63. The average molecular weight is 298 g/mol. The Morgan fingerprint density at radius 1 is 1.10 bits per heavy atom. The summed E-state index contributed by atoms with van der Waals surface area (Å²) >= 11 is 0. The third-order valence-corrected chi connectivity index (χ3v) is 4.07. The first-order valence-corrected chi connectivity index (χ1v) is 7.12. The van der Waals surface area contributed by atoms with Gasteiger partial charge in [0.1, 0.15) is 16.5 Å². The highest BCUT2D eigenvalue weighted by Crippen LogP contribution is 2.24. The van der Waals surface area contributed by atoms with Gasteiger partial charge in [-0.1, -0.05) is 6.07 Å². The van der Waals surface area contributed by atoms with Gasteiger partial charge in [0, 0.05) is 6.07 Å². The second kappa shape index (κ2) is 5.09. The second-order valence-electron chi connectivity index (χ2n) is 4.27. The largest absolute Gasteiger partial charge is 0.398 e. The van der Waals surface area contributed by atoms with Gasteiger partial charge in [0.15, 0.2) is 0 Å². The fourth-order valence-corrected chi connectivity index (χ4v) is 2.87. The monoisotopic (exact) mass is 298 g/mol. The van der Waals surface area contributed by atoms with E-state index in [0.717, 1.165) is 17.7 Å². The number of halogens is 2. The van der Waals surface area contributed by atoms with Crippen LogP contribution in [0.15, 0.2) is 41.3 Å². The summed E-state index contributed by atoms with van der Waals surface area (Å²) in [4.78, 5) is -0.160. The summed E-state index contributed by atoms with van der Waals surface area (Å²) in [6.45, 7) is 1.76. The molecule has 0 radical (unpaired) electrons. The maximum Gasteiger partial charge on any atom is 0.264 e. The third kappa shape index (κ3) is 2.88. The van der Waals surface area contributed by atoms with Crippen LogP contribution in [-0.4, -0.2) is 8.42 Å². The second-order valence-corrected chi connectivity index (χ2v) is 5.92. The zero-order valence-corrected chi connectivity index (χ0v) is 11.3. The minimum absolute atomic E-state index is 0.0556. The molecule has 106 valence electrons. The van der Waals surface area contributed by atoms with E-state index in [-0.39, 0.29) is 16.3 Å². The van der Waals surface area contributed by atoms with Crippen LogP contribution in [0, 0.1) is 18.6 Å². The molecule has 0 aliphatic rings. The van der Waals surface area contributed by atoms with Crippen molar-refractivity contribution in [3.05, 3.63) is 53.6 Å². The molecule has 0 saturated heterocycles. The fraction of sp³-hybridized carbons (Fsp3) is 0.0769. The Morgan fingerprint density at radius 3 is 2.40 bits per heavy atom. The van der Waals surface area contributed by atoms with Gasteiger partial charge in [0.2, 0.25) is 0 Å². The molecular weight excluding hydrogens is 286 g/mol. The summed E-state index contributed by atoms with van der Waals surface area (Å²) in [5.74, 6) is -1.79. The van der Waals surface area contributed by atoms with Crippen molar-refractivity contribution in [1.29, 1.82) is 0 Å². The zero-order valence-electron chi connectivity index (χ0n) is 10.5. The molecule has 0 fully saturated rings. The van der Waals surface area contributed by atoms with E-state index in [2.05, 4.69) is 0 Å². The van der Waals surface area contributed by atoms with Crippen LogP contribution in [0.4, 0.5) is 20.2 Å². The van der Waals surface area contributed by atoms with Gasteiger partial charge in [0.05, 0.1) is 11.4 Å². The molecule has 7 heteroatoms. The lowest BCUT2D eigenvalue weighted by Crippen LogP contribution is -2.15. The molecule has 2 aromatic rings. The van der Waals surface area contributed by atoms with Crippen LogP contribution in [0.3, 0.4) is 0 Å². The molecule has 4 nitrogen and oxygen atoms in total. The van der Waals surface area contributed by atoms with Gasteiger partial charge in [-0.3, -0.25) is 4.72 Å². The SMILES string of the molecule is Cc1ccc(S(=O)(=O)Nc2ccc(F)cc2F)c(N)c1. The van der Waals surface area contributed by atoms with E-state index in [1.807, 2.05) is 4.72 Å². The maximum atomic E-state index is 13.5. The molecule has 20 heavy (non-hydrogen) atoms. The minimum Gasteiger partial charge on any atom is -0.398 e. The highest BCUT2D eigenvalue weighted by atomic mass is 32.2. The first-order chi connectivity index (χ1) is 9.29. The molecule has 0 aliphatic heterocycles. The number of anilines is 2. The van der Waals surface area contributed by atoms with E-state index in [1.165, 1.54) is 12.1 Å². The number of nitrogens with one attached hydrogen (secondary N) is 1. The number of nitrogen functional groups attached to an aromatic ring is 1. The van der Waals surface area contributed by atoms with Crippen LogP contribution in [0.25, 0.3) is 0 Å². The number of hydrogen-bond acceptors (Lipinski definition) is 3. The molecule has 0 atom stereocenters. The fourth-order valence-electron chi connectivity index (χ4n) is 1.68. The highest BCUT2D eigenvalue weighted by Gasteiger charge is 2.19. The van der Waals surface area contributed by atoms with Crippen molar-refractivity contribution in [3.8, 4) is 0 Å². The van der Waals surface area contributed by atoms with E-state index in [1.54, 1.807) is 13.0 Å². The molecule has 0 unspecified atom stereocenters. The van der Waals surface area contributed by atoms with Crippen molar-refractivity contribution in [2.45, 2.75) is 11.8 Å². The van der Waals surface area contributed by atoms with Gasteiger partial charge in [-0.25, -0.2) is 17.2 Å². The quantitative estimate of drug-likeness (QED) is 0.856. The normalized spacial score (nSPS) is 11.3. The smallest absolute Gasteiger partial charge is 0.264 e. The lowest BCUT2D eigenvalue weighted by atomic mass is 10.2. The van der Waals surface area contributed by atoms with Gasteiger partial charge >= 0.3 is 0 Å². The van der Waals surface area contributed by atoms with Crippen molar-refractivity contribution in [2.24, 2.45) is 0 Å². The molecular formula is C13H12F2N2O2S. The van der Waals surface area contributed by atoms with Crippen molar-refractivity contribution in [3.63, 3.8) is 0 Å². The van der Waals surface area contributed by atoms with E-state index in [9.17, 15) is 17.2 Å². The summed E-state index contributed by atoms with van der Waals surface area (Å²) in [5.41, 5.74) is 6.17. The number of rotatable bonds is 3. The number of benzene rings is 2. The van der Waals surface area contributed by atoms with Crippen molar-refractivity contribution in [2.75, 3.05) is 10.5 Å². The van der Waals surface area contributed by atoms with Gasteiger partial charge in [-0.05, 0) is 36.8 Å². The molecule has 0 amide bonds. The molecule has 0 aromatic heterocycles. The van der Waals surface area contributed by atoms with Gasteiger partial charge in [0.25, 0.3) is 10.0 Å². The molecule has 0 aliphatic carbocycles. The van der Waals surface area contributed by atoms with Crippen LogP contribution in [0.5, 0.6) is 0 Å². The lowest BCUT2D eigenvalue weighted by Gasteiger charge is -2.11. The first kappa shape index (κ1) is 14.3. The first-order valence-electron chi connectivity index (χ1n) is 5.63. The van der Waals surface area contributed by atoms with Gasteiger partial charge < -0.3 is 5.73 Å². The van der Waals surface area contributed by atoms with Crippen molar-refractivity contribution < 1.29 is 17.2 Å². The van der Waals surface area contributed by atoms with E-state index in [0.29, 0.717) is 6.07 Å². The predicted molar refractivity (Wildman–Crippen MR) is 72.8 cm³/mol. The minimum atomic E-state index is -4.03. The number of aryl methyl sites for hydroxylation is 1. The highest BCUT2D eigenvalue weighted by molar-refractivity contribution is 7.92. The van der Waals surface area contributed by atoms with Gasteiger partial charge in [-0.2, -0.15) is 0 Å². The molecule has 0 spiro atoms. The standard InChI is InChI=1S/C13H12F2N2O2S/c1-8-2-5-13(11(16)6-8)20(18,19)17-12-4-3-9(14)7-10(12)15/h2-7,17H,16H2,1H3. The van der Waals surface area contributed by atoms with Crippen molar-refractivity contribution in [1.82, 2.24) is 0 Å². The Balaban J connectivity index is 2.41. The molecule has 3 N–H and O–H groups in total. The zero-order chi connectivity index (χ0) is 14.9. The molecule has 2 rings (SSSR count). The summed E-state index contributed by atoms with van der Waals surface area (Å²) < 4.78 is 52.5. The lowest BCUT2D eigenvalue weighted by molar-refractivity contribution is 0.583. The number of hydrogen-bond donors (Lipinski definition) is 2. The number of nitrogens with two attached hydrogens (primary N) is 1. The van der Waals surface area contributed by atoms with E-state index < -0.39 is 21.7 Å². The van der Waals surface area contributed by atoms with Crippen LogP contribution in [0.1, 0.15) is 5.56 Å². The predicted octanol–water partition coefficient (Wildman–Crippen LogP) is 2.66. The van der Waals surface area contributed by atoms with Gasteiger partial charge in [-0.15, -0.1) is 0 Å². The molecule has 0 saturated carbocycles. The van der Waals surface area contributed by atoms with E-state index >= 15 is 0 Å². The van der Waals surface area contributed by atoms with E-state index in [4.69, 9.17) is 5.73 Å². The summed E-state index contributed by atoms with van der Waals surface area (Å²) in [6, 6.07) is 6.96. The molecule has 0 heterocycles. The Bertz CT molecular complexity index is 761. The van der Waals surface area contributed by atoms with Crippen molar-refractivity contribution >= 4 is 21.4 Å². The Kier molecular flexibility index (Phi) is 3.63. The Hall–Kier alpha value is -2.15. The number of sulfonamides is 1. The Morgan fingerprint density at radius 2 is 1.80 bits per heavy atom. The summed E-state index contributed by atoms with van der Waals surface area (Å²) in [5, 5.41) is 0. The summed E-state index contributed by atoms with van der Waals surface area (Å²) in [6.07, 6.45) is 0. The van der Waals surface area contributed by atoms with Crippen LogP contribution in [0.2, 0.25) is 0 Å². The average Bonchev–Trinajstić information content (AvgIpc) is 2.32. The molecule has 2 aromatic carbocycles.